The molecule has 218 valence electrons. The molecule has 6 rings (SSSR count). The molecule has 0 atom stereocenters. The van der Waals surface area contributed by atoms with Crippen LogP contribution >= 0.6 is 0 Å². The third-order valence-electron chi connectivity index (χ3n) is 7.85. The van der Waals surface area contributed by atoms with E-state index in [0.717, 1.165) is 29.5 Å². The molecule has 0 spiro atoms. The quantitative estimate of drug-likeness (QED) is 0.188. The van der Waals surface area contributed by atoms with Crippen molar-refractivity contribution in [3.05, 3.63) is 126 Å². The van der Waals surface area contributed by atoms with Crippen LogP contribution in [0.25, 0.3) is 51.4 Å². The van der Waals surface area contributed by atoms with Crippen molar-refractivity contribution in [3.8, 4) is 17.1 Å². The van der Waals surface area contributed by atoms with Gasteiger partial charge in [-0.3, -0.25) is 4.98 Å². The molecule has 0 unspecified atom stereocenters. The summed E-state index contributed by atoms with van der Waals surface area (Å²) in [5, 5.41) is 1.13. The second-order valence-corrected chi connectivity index (χ2v) is 11.2. The van der Waals surface area contributed by atoms with E-state index in [4.69, 9.17) is 0 Å². The molecule has 3 aromatic heterocycles. The van der Waals surface area contributed by atoms with E-state index in [0.29, 0.717) is 0 Å². The van der Waals surface area contributed by atoms with Gasteiger partial charge in [0.05, 0.1) is 23.8 Å². The van der Waals surface area contributed by atoms with Gasteiger partial charge in [-0.05, 0) is 98.4 Å². The molecule has 1 aliphatic carbocycles. The van der Waals surface area contributed by atoms with Crippen LogP contribution in [0.3, 0.4) is 0 Å². The second-order valence-electron chi connectivity index (χ2n) is 11.2. The molecule has 3 heterocycles. The molecule has 5 aromatic rings. The highest BCUT2D eigenvalue weighted by atomic mass is 15.1. The minimum atomic E-state index is 0.979. The first-order valence-corrected chi connectivity index (χ1v) is 15.3. The normalized spacial score (nSPS) is 13.1. The fourth-order valence-corrected chi connectivity index (χ4v) is 6.18. The van der Waals surface area contributed by atoms with E-state index < -0.39 is 0 Å². The fourth-order valence-electron chi connectivity index (χ4n) is 6.18. The lowest BCUT2D eigenvalue weighted by Crippen LogP contribution is -2.29. The van der Waals surface area contributed by atoms with Crippen LogP contribution in [0.15, 0.2) is 98.1 Å². The minimum absolute atomic E-state index is 0.979. The molecule has 0 saturated carbocycles. The Hall–Kier alpha value is -4.70. The van der Waals surface area contributed by atoms with Crippen molar-refractivity contribution in [1.82, 2.24) is 14.1 Å². The number of allylic oxidation sites excluding steroid dienone is 5. The Kier molecular flexibility index (Phi) is 9.06. The smallest absolute Gasteiger partial charge is 0.293 e. The number of hydrogen-bond donors (Lipinski definition) is 0. The van der Waals surface area contributed by atoms with E-state index in [1.807, 2.05) is 18.5 Å². The lowest BCUT2D eigenvalue weighted by Gasteiger charge is -2.19. The lowest BCUT2D eigenvalue weighted by molar-refractivity contribution is -0.659. The van der Waals surface area contributed by atoms with Crippen LogP contribution < -0.4 is 4.57 Å². The molecular formula is C39H43N4+. The van der Waals surface area contributed by atoms with Crippen LogP contribution in [0.2, 0.25) is 0 Å². The number of fused-ring (bicyclic) bond motifs is 1. The van der Waals surface area contributed by atoms with Gasteiger partial charge in [0, 0.05) is 29.0 Å². The summed E-state index contributed by atoms with van der Waals surface area (Å²) in [6, 6.07) is 17.4. The maximum absolute atomic E-state index is 4.40. The third kappa shape index (κ3) is 5.70. The largest absolute Gasteiger partial charge is 0.313 e. The Morgan fingerprint density at radius 1 is 1.02 bits per heavy atom. The monoisotopic (exact) mass is 567 g/mol. The first-order chi connectivity index (χ1) is 20.9. The minimum Gasteiger partial charge on any atom is -0.313 e. The molecule has 0 radical (unpaired) electrons. The average molecular weight is 568 g/mol. The number of aromatic nitrogens is 4. The third-order valence-corrected chi connectivity index (χ3v) is 7.85. The van der Waals surface area contributed by atoms with Crippen LogP contribution in [-0.4, -0.2) is 14.1 Å². The first kappa shape index (κ1) is 29.8. The summed E-state index contributed by atoms with van der Waals surface area (Å²) in [5.41, 5.74) is 12.2. The van der Waals surface area contributed by atoms with Crippen molar-refractivity contribution in [2.24, 2.45) is 7.05 Å². The molecule has 0 bridgehead atoms. The topological polar surface area (TPSA) is 26.6 Å². The highest BCUT2D eigenvalue weighted by molar-refractivity contribution is 5.97. The highest BCUT2D eigenvalue weighted by Gasteiger charge is 2.23. The van der Waals surface area contributed by atoms with Crippen LogP contribution in [-0.2, 0) is 7.05 Å². The summed E-state index contributed by atoms with van der Waals surface area (Å²) in [6.45, 7) is 14.9. The Morgan fingerprint density at radius 3 is 2.42 bits per heavy atom. The van der Waals surface area contributed by atoms with Crippen LogP contribution in [0.5, 0.6) is 0 Å². The van der Waals surface area contributed by atoms with E-state index in [-0.39, 0.29) is 0 Å². The van der Waals surface area contributed by atoms with Crippen molar-refractivity contribution in [1.29, 1.82) is 0 Å². The summed E-state index contributed by atoms with van der Waals surface area (Å²) in [4.78, 5) is 4.40. The summed E-state index contributed by atoms with van der Waals surface area (Å²) in [5.74, 6) is 1.17. The van der Waals surface area contributed by atoms with Gasteiger partial charge in [-0.1, -0.05) is 63.3 Å². The number of aryl methyl sites for hydroxylation is 3. The molecule has 0 N–H and O–H groups in total. The van der Waals surface area contributed by atoms with Gasteiger partial charge in [0.15, 0.2) is 0 Å². The van der Waals surface area contributed by atoms with E-state index in [2.05, 4.69) is 152 Å². The number of rotatable bonds is 6. The number of hydrogen-bond acceptors (Lipinski definition) is 1. The Labute approximate surface area is 256 Å². The SMILES string of the molecule is C=Cc1c(/C=C\C)n(C2=CC(c3cc(C)c(-n4cc[n+](C)c4-c4ccccc4)c(C)c3)=CCC2)c2ccncc12.CCC. The highest BCUT2D eigenvalue weighted by Crippen LogP contribution is 2.37. The van der Waals surface area contributed by atoms with Crippen LogP contribution in [0.4, 0.5) is 0 Å². The predicted octanol–water partition coefficient (Wildman–Crippen LogP) is 9.75. The summed E-state index contributed by atoms with van der Waals surface area (Å²) in [6.07, 6.45) is 22.3. The maximum atomic E-state index is 4.40. The van der Waals surface area contributed by atoms with Crippen molar-refractivity contribution < 1.29 is 4.57 Å². The van der Waals surface area contributed by atoms with E-state index >= 15 is 0 Å². The molecule has 4 nitrogen and oxygen atoms in total. The number of imidazole rings is 1. The summed E-state index contributed by atoms with van der Waals surface area (Å²) in [7, 11) is 2.11. The van der Waals surface area contributed by atoms with Crippen molar-refractivity contribution >= 4 is 34.3 Å². The van der Waals surface area contributed by atoms with Crippen LogP contribution in [0, 0.1) is 13.8 Å². The van der Waals surface area contributed by atoms with Gasteiger partial charge in [-0.15, -0.1) is 0 Å². The molecule has 2 aromatic carbocycles. The zero-order valence-electron chi connectivity index (χ0n) is 26.4. The van der Waals surface area contributed by atoms with Gasteiger partial charge in [-0.25, -0.2) is 4.57 Å². The standard InChI is InChI=1S/C36H35N4.C3H8/c1-6-12-33-31(7-2)32-24-37-18-17-34(32)40(33)30-16-11-15-28(23-30)29-21-25(3)35(26(4)22-29)39-20-19-38(5)36(39)27-13-9-8-10-14-27;1-3-2/h6-10,12-15,17-24H,2,11,16H2,1,3-5H3;3H2,1-2H3/q+1;/b12-6-;. The number of benzene rings is 2. The molecule has 4 heteroatoms. The molecule has 1 aliphatic rings. The second kappa shape index (κ2) is 13.1. The molecule has 0 amide bonds. The van der Waals surface area contributed by atoms with E-state index in [9.17, 15) is 0 Å². The first-order valence-electron chi connectivity index (χ1n) is 15.3. The van der Waals surface area contributed by atoms with E-state index in [1.165, 1.54) is 57.0 Å². The number of pyridine rings is 1. The van der Waals surface area contributed by atoms with Crippen molar-refractivity contribution in [3.63, 3.8) is 0 Å². The average Bonchev–Trinajstić information content (AvgIpc) is 3.54. The van der Waals surface area contributed by atoms with Gasteiger partial charge >= 0.3 is 0 Å². The van der Waals surface area contributed by atoms with Gasteiger partial charge in [-0.2, -0.15) is 4.57 Å². The number of nitrogens with zero attached hydrogens (tertiary/aromatic N) is 4. The van der Waals surface area contributed by atoms with Gasteiger partial charge in [0.2, 0.25) is 0 Å². The van der Waals surface area contributed by atoms with Gasteiger partial charge < -0.3 is 4.57 Å². The van der Waals surface area contributed by atoms with E-state index in [1.54, 1.807) is 0 Å². The Bertz CT molecular complexity index is 1840. The molecular weight excluding hydrogens is 524 g/mol. The van der Waals surface area contributed by atoms with Crippen LogP contribution in [0.1, 0.15) is 68.0 Å². The lowest BCUT2D eigenvalue weighted by atomic mass is 9.93. The molecule has 0 fully saturated rings. The Balaban J connectivity index is 0.00000118. The molecule has 0 aliphatic heterocycles. The fraction of sp³-hybridized carbons (Fsp3) is 0.231. The van der Waals surface area contributed by atoms with Crippen molar-refractivity contribution in [2.75, 3.05) is 0 Å². The zero-order chi connectivity index (χ0) is 30.5. The van der Waals surface area contributed by atoms with Gasteiger partial charge in [0.25, 0.3) is 5.82 Å². The van der Waals surface area contributed by atoms with Crippen molar-refractivity contribution in [2.45, 2.75) is 53.9 Å². The Morgan fingerprint density at radius 2 is 1.74 bits per heavy atom. The predicted molar refractivity (Wildman–Crippen MR) is 184 cm³/mol. The zero-order valence-corrected chi connectivity index (χ0v) is 26.4. The summed E-state index contributed by atoms with van der Waals surface area (Å²) >= 11 is 0. The summed E-state index contributed by atoms with van der Waals surface area (Å²) < 4.78 is 6.90. The molecule has 43 heavy (non-hydrogen) atoms. The maximum Gasteiger partial charge on any atom is 0.293 e. The van der Waals surface area contributed by atoms with Gasteiger partial charge in [0.1, 0.15) is 18.1 Å². The molecule has 0 saturated heterocycles.